The van der Waals surface area contributed by atoms with E-state index in [1.807, 2.05) is 44.2 Å². The Morgan fingerprint density at radius 3 is 2.54 bits per heavy atom. The number of halogens is 1. The minimum absolute atomic E-state index is 0.0552. The van der Waals surface area contributed by atoms with Crippen LogP contribution < -0.4 is 5.32 Å². The van der Waals surface area contributed by atoms with Gasteiger partial charge in [0.05, 0.1) is 36.8 Å². The lowest BCUT2D eigenvalue weighted by atomic mass is 10.2. The predicted octanol–water partition coefficient (Wildman–Crippen LogP) is 4.14. The third kappa shape index (κ3) is 7.17. The Hall–Kier alpha value is -3.24. The largest absolute Gasteiger partial charge is 0.376 e. The topological polar surface area (TPSA) is 93.5 Å². The molecule has 8 nitrogen and oxygen atoms in total. The van der Waals surface area contributed by atoms with Crippen LogP contribution in [0, 0.1) is 5.82 Å². The minimum atomic E-state index is -3.87. The number of carbonyl (C=O) groups excluding carboxylic acids is 1. The Morgan fingerprint density at radius 2 is 1.89 bits per heavy atom. The summed E-state index contributed by atoms with van der Waals surface area (Å²) in [7, 11) is -3.87. The molecular formula is C27H33FN4O4S. The van der Waals surface area contributed by atoms with Crippen molar-refractivity contribution < 1.29 is 22.3 Å². The van der Waals surface area contributed by atoms with Gasteiger partial charge in [-0.1, -0.05) is 42.5 Å². The Balaban J connectivity index is 1.67. The number of aromatic nitrogens is 2. The van der Waals surface area contributed by atoms with Gasteiger partial charge >= 0.3 is 6.03 Å². The fraction of sp³-hybridized carbons (Fsp3) is 0.407. The highest BCUT2D eigenvalue weighted by Gasteiger charge is 2.28. The summed E-state index contributed by atoms with van der Waals surface area (Å²) in [5.74, 6) is -0.744. The molecule has 2 heterocycles. The van der Waals surface area contributed by atoms with E-state index in [1.165, 1.54) is 30.5 Å². The van der Waals surface area contributed by atoms with Crippen LogP contribution in [0.25, 0.3) is 0 Å². The molecule has 0 bridgehead atoms. The number of ether oxygens (including phenoxy) is 1. The summed E-state index contributed by atoms with van der Waals surface area (Å²) >= 11 is 0. The van der Waals surface area contributed by atoms with Crippen LogP contribution in [-0.2, 0) is 33.4 Å². The first-order valence-electron chi connectivity index (χ1n) is 12.4. The predicted molar refractivity (Wildman–Crippen MR) is 138 cm³/mol. The average molecular weight is 529 g/mol. The molecule has 10 heteroatoms. The number of imidazole rings is 1. The van der Waals surface area contributed by atoms with Gasteiger partial charge in [-0.05, 0) is 49.9 Å². The Labute approximate surface area is 217 Å². The van der Waals surface area contributed by atoms with Crippen LogP contribution in [-0.4, -0.2) is 54.2 Å². The molecule has 37 heavy (non-hydrogen) atoms. The first kappa shape index (κ1) is 26.8. The number of sulfone groups is 1. The fourth-order valence-corrected chi connectivity index (χ4v) is 5.84. The van der Waals surface area contributed by atoms with Crippen LogP contribution in [0.5, 0.6) is 0 Å². The molecule has 1 unspecified atom stereocenters. The third-order valence-electron chi connectivity index (χ3n) is 6.13. The maximum Gasteiger partial charge on any atom is 0.318 e. The molecule has 1 aromatic heterocycles. The first-order valence-corrected chi connectivity index (χ1v) is 14.1. The molecule has 0 spiro atoms. The zero-order valence-corrected chi connectivity index (χ0v) is 22.0. The van der Waals surface area contributed by atoms with Crippen molar-refractivity contribution in [1.29, 1.82) is 0 Å². The second-order valence-electron chi connectivity index (χ2n) is 9.61. The number of nitrogens with one attached hydrogen (secondary N) is 1. The lowest BCUT2D eigenvalue weighted by Gasteiger charge is -2.27. The van der Waals surface area contributed by atoms with Gasteiger partial charge in [0.2, 0.25) is 15.0 Å². The number of hydrogen-bond donors (Lipinski definition) is 1. The molecule has 0 radical (unpaired) electrons. The maximum atomic E-state index is 13.5. The lowest BCUT2D eigenvalue weighted by molar-refractivity contribution is 0.0785. The van der Waals surface area contributed by atoms with E-state index in [0.29, 0.717) is 24.4 Å². The monoisotopic (exact) mass is 528 g/mol. The van der Waals surface area contributed by atoms with Crippen LogP contribution in [0.15, 0.2) is 66.0 Å². The number of amides is 2. The third-order valence-corrected chi connectivity index (χ3v) is 7.73. The number of hydrogen-bond acceptors (Lipinski definition) is 5. The van der Waals surface area contributed by atoms with E-state index in [4.69, 9.17) is 4.74 Å². The van der Waals surface area contributed by atoms with Crippen molar-refractivity contribution in [2.45, 2.75) is 62.8 Å². The molecule has 0 saturated carbocycles. The summed E-state index contributed by atoms with van der Waals surface area (Å²) in [4.78, 5) is 19.0. The second kappa shape index (κ2) is 11.9. The maximum absolute atomic E-state index is 13.5. The van der Waals surface area contributed by atoms with Gasteiger partial charge in [-0.2, -0.15) is 0 Å². The number of carbonyl (C=O) groups is 1. The Bertz CT molecular complexity index is 1290. The highest BCUT2D eigenvalue weighted by molar-refractivity contribution is 7.90. The van der Waals surface area contributed by atoms with E-state index in [0.717, 1.165) is 18.4 Å². The molecule has 2 amide bonds. The van der Waals surface area contributed by atoms with E-state index in [9.17, 15) is 17.6 Å². The molecule has 2 aromatic carbocycles. The normalized spacial score (nSPS) is 15.7. The van der Waals surface area contributed by atoms with E-state index >= 15 is 0 Å². The molecule has 0 aliphatic carbocycles. The molecule has 1 atom stereocenters. The number of benzene rings is 2. The van der Waals surface area contributed by atoms with E-state index in [1.54, 1.807) is 9.47 Å². The summed E-state index contributed by atoms with van der Waals surface area (Å²) < 4.78 is 47.7. The second-order valence-corrected chi connectivity index (χ2v) is 11.5. The summed E-state index contributed by atoms with van der Waals surface area (Å²) in [6.45, 7) is 5.29. The fourth-order valence-electron chi connectivity index (χ4n) is 4.35. The zero-order chi connectivity index (χ0) is 26.4. The van der Waals surface area contributed by atoms with Crippen LogP contribution in [0.4, 0.5) is 9.18 Å². The molecule has 3 aromatic rings. The van der Waals surface area contributed by atoms with Gasteiger partial charge in [-0.3, -0.25) is 0 Å². The standard InChI is InChI=1S/C27H33FN4O4S/c1-20(2)30-26(33)31(18-25-9-6-14-36-25)17-24-15-29-27(32(24)16-21-7-4-3-5-8-21)37(34,35)19-22-10-12-23(28)13-11-22/h3-5,7-8,10-13,15,20,25H,6,9,14,16-19H2,1-2H3,(H,30,33). The smallest absolute Gasteiger partial charge is 0.318 e. The molecule has 1 aliphatic rings. The minimum Gasteiger partial charge on any atom is -0.376 e. The van der Waals surface area contributed by atoms with Gasteiger partial charge in [0.1, 0.15) is 5.82 Å². The molecular weight excluding hydrogens is 495 g/mol. The zero-order valence-electron chi connectivity index (χ0n) is 21.1. The van der Waals surface area contributed by atoms with Gasteiger partial charge in [-0.25, -0.2) is 22.6 Å². The van der Waals surface area contributed by atoms with Crippen LogP contribution in [0.1, 0.15) is 43.5 Å². The number of urea groups is 1. The molecule has 198 valence electrons. The Kier molecular flexibility index (Phi) is 8.60. The van der Waals surface area contributed by atoms with Gasteiger partial charge in [0.15, 0.2) is 0 Å². The highest BCUT2D eigenvalue weighted by Crippen LogP contribution is 2.22. The van der Waals surface area contributed by atoms with Crippen molar-refractivity contribution in [3.05, 3.63) is 83.4 Å². The van der Waals surface area contributed by atoms with Gasteiger partial charge in [0, 0.05) is 19.2 Å². The summed E-state index contributed by atoms with van der Waals surface area (Å²) in [6, 6.07) is 14.6. The quantitative estimate of drug-likeness (QED) is 0.427. The van der Waals surface area contributed by atoms with Gasteiger partial charge < -0.3 is 19.5 Å². The molecule has 1 saturated heterocycles. The van der Waals surface area contributed by atoms with E-state index in [-0.39, 0.29) is 42.2 Å². The van der Waals surface area contributed by atoms with Crippen molar-refractivity contribution >= 4 is 15.9 Å². The number of nitrogens with zero attached hydrogens (tertiary/aromatic N) is 3. The van der Waals surface area contributed by atoms with Gasteiger partial charge in [-0.15, -0.1) is 0 Å². The SMILES string of the molecule is CC(C)NC(=O)N(Cc1cnc(S(=O)(=O)Cc2ccc(F)cc2)n1Cc1ccccc1)CC1CCCO1. The van der Waals surface area contributed by atoms with Crippen molar-refractivity contribution in [3.63, 3.8) is 0 Å². The summed E-state index contributed by atoms with van der Waals surface area (Å²) in [5.41, 5.74) is 1.96. The molecule has 4 rings (SSSR count). The summed E-state index contributed by atoms with van der Waals surface area (Å²) in [5, 5.41) is 2.85. The van der Waals surface area contributed by atoms with Crippen molar-refractivity contribution in [2.75, 3.05) is 13.2 Å². The summed E-state index contributed by atoms with van der Waals surface area (Å²) in [6.07, 6.45) is 3.27. The van der Waals surface area contributed by atoms with Crippen LogP contribution in [0.2, 0.25) is 0 Å². The number of rotatable bonds is 10. The van der Waals surface area contributed by atoms with E-state index < -0.39 is 15.7 Å². The molecule has 1 aliphatic heterocycles. The van der Waals surface area contributed by atoms with Crippen molar-refractivity contribution in [2.24, 2.45) is 0 Å². The van der Waals surface area contributed by atoms with Crippen molar-refractivity contribution in [3.8, 4) is 0 Å². The molecule has 1 N–H and O–H groups in total. The first-order chi connectivity index (χ1) is 17.7. The highest BCUT2D eigenvalue weighted by atomic mass is 32.2. The van der Waals surface area contributed by atoms with E-state index in [2.05, 4.69) is 10.3 Å². The molecule has 1 fully saturated rings. The van der Waals surface area contributed by atoms with Crippen LogP contribution >= 0.6 is 0 Å². The lowest BCUT2D eigenvalue weighted by Crippen LogP contribution is -2.45. The van der Waals surface area contributed by atoms with Crippen molar-refractivity contribution in [1.82, 2.24) is 19.8 Å². The average Bonchev–Trinajstić information content (AvgIpc) is 3.51. The van der Waals surface area contributed by atoms with Crippen LogP contribution in [0.3, 0.4) is 0 Å². The Morgan fingerprint density at radius 1 is 1.16 bits per heavy atom. The van der Waals surface area contributed by atoms with Gasteiger partial charge in [0.25, 0.3) is 0 Å².